The fourth-order valence-electron chi connectivity index (χ4n) is 4.98. The molecule has 8 heteroatoms. The minimum Gasteiger partial charge on any atom is -0.326 e. The highest BCUT2D eigenvalue weighted by Gasteiger charge is 2.09. The van der Waals surface area contributed by atoms with Gasteiger partial charge in [0.2, 0.25) is 11.8 Å². The van der Waals surface area contributed by atoms with Crippen LogP contribution in [0.15, 0.2) is 97.1 Å². The van der Waals surface area contributed by atoms with Gasteiger partial charge in [0.25, 0.3) is 11.8 Å². The van der Waals surface area contributed by atoms with Crippen molar-refractivity contribution >= 4 is 46.4 Å². The van der Waals surface area contributed by atoms with Crippen LogP contribution in [-0.4, -0.2) is 23.6 Å². The number of nitrogens with one attached hydrogen (secondary N) is 4. The fraction of sp³-hybridized carbons (Fsp3) is 0.263. The summed E-state index contributed by atoms with van der Waals surface area (Å²) in [6.45, 7) is 3.89. The Balaban J connectivity index is 1.03. The molecule has 8 nitrogen and oxygen atoms in total. The standard InChI is InChI=1S/C38H42N4O4/c1-27-11-9-13-29(25-27)37(45)41-33-21-17-31(18-22-33)39-35(43)15-7-5-3-4-6-8-16-36(44)40-32-19-23-34(24-20-32)42-38(46)30-14-10-12-28(2)26-30/h9-14,17-26H,3-8,15-16H2,1-2H3,(H,39,43)(H,40,44)(H,41,45)(H,42,46). The molecule has 0 aliphatic carbocycles. The second-order valence-corrected chi connectivity index (χ2v) is 11.5. The molecule has 0 unspecified atom stereocenters. The average molecular weight is 619 g/mol. The second-order valence-electron chi connectivity index (χ2n) is 11.5. The van der Waals surface area contributed by atoms with Gasteiger partial charge in [0.15, 0.2) is 0 Å². The summed E-state index contributed by atoms with van der Waals surface area (Å²) in [7, 11) is 0. The SMILES string of the molecule is Cc1cccc(C(=O)Nc2ccc(NC(=O)CCCCCCCCC(=O)Nc3ccc(NC(=O)c4cccc(C)c4)cc3)cc2)c1. The van der Waals surface area contributed by atoms with Crippen LogP contribution in [0.2, 0.25) is 0 Å². The Labute approximate surface area is 271 Å². The maximum Gasteiger partial charge on any atom is 0.255 e. The molecule has 238 valence electrons. The van der Waals surface area contributed by atoms with E-state index in [1.54, 1.807) is 60.7 Å². The summed E-state index contributed by atoms with van der Waals surface area (Å²) in [6.07, 6.45) is 6.44. The van der Waals surface area contributed by atoms with Crippen LogP contribution in [0.1, 0.15) is 83.2 Å². The summed E-state index contributed by atoms with van der Waals surface area (Å²) < 4.78 is 0. The number of anilines is 4. The van der Waals surface area contributed by atoms with Gasteiger partial charge >= 0.3 is 0 Å². The van der Waals surface area contributed by atoms with Gasteiger partial charge in [-0.3, -0.25) is 19.2 Å². The molecule has 0 saturated heterocycles. The molecule has 46 heavy (non-hydrogen) atoms. The number of benzene rings is 4. The first kappa shape index (κ1) is 33.6. The number of hydrogen-bond donors (Lipinski definition) is 4. The van der Waals surface area contributed by atoms with Crippen molar-refractivity contribution < 1.29 is 19.2 Å². The van der Waals surface area contributed by atoms with Crippen molar-refractivity contribution in [1.29, 1.82) is 0 Å². The Morgan fingerprint density at radius 3 is 1.11 bits per heavy atom. The molecule has 4 rings (SSSR count). The van der Waals surface area contributed by atoms with E-state index in [2.05, 4.69) is 21.3 Å². The molecule has 0 spiro atoms. The number of hydrogen-bond acceptors (Lipinski definition) is 4. The molecule has 0 aromatic heterocycles. The Hall–Kier alpha value is -5.24. The molecule has 0 aliphatic rings. The molecule has 0 radical (unpaired) electrons. The van der Waals surface area contributed by atoms with E-state index >= 15 is 0 Å². The third-order valence-electron chi connectivity index (χ3n) is 7.47. The molecule has 4 aromatic carbocycles. The highest BCUT2D eigenvalue weighted by Crippen LogP contribution is 2.18. The summed E-state index contributed by atoms with van der Waals surface area (Å²) in [5.41, 5.74) is 5.96. The minimum absolute atomic E-state index is 0.0325. The van der Waals surface area contributed by atoms with Gasteiger partial charge in [0.1, 0.15) is 0 Å². The average Bonchev–Trinajstić information content (AvgIpc) is 3.04. The smallest absolute Gasteiger partial charge is 0.255 e. The Morgan fingerprint density at radius 1 is 0.435 bits per heavy atom. The number of rotatable bonds is 15. The molecule has 4 amide bonds. The Bertz CT molecular complexity index is 1510. The maximum absolute atomic E-state index is 12.4. The lowest BCUT2D eigenvalue weighted by Crippen LogP contribution is -2.13. The molecule has 4 N–H and O–H groups in total. The Kier molecular flexibility index (Phi) is 12.7. The zero-order valence-electron chi connectivity index (χ0n) is 26.5. The quantitative estimate of drug-likeness (QED) is 0.1000. The maximum atomic E-state index is 12.4. The molecule has 0 atom stereocenters. The number of carbonyl (C=O) groups excluding carboxylic acids is 4. The van der Waals surface area contributed by atoms with Gasteiger partial charge in [-0.05, 0) is 99.5 Å². The van der Waals surface area contributed by atoms with E-state index in [-0.39, 0.29) is 23.6 Å². The van der Waals surface area contributed by atoms with Crippen LogP contribution >= 0.6 is 0 Å². The lowest BCUT2D eigenvalue weighted by molar-refractivity contribution is -0.117. The number of amides is 4. The normalized spacial score (nSPS) is 10.6. The van der Waals surface area contributed by atoms with Crippen molar-refractivity contribution in [3.8, 4) is 0 Å². The van der Waals surface area contributed by atoms with Crippen LogP contribution in [0.4, 0.5) is 22.7 Å². The van der Waals surface area contributed by atoms with Crippen molar-refractivity contribution in [2.75, 3.05) is 21.3 Å². The predicted octanol–water partition coefficient (Wildman–Crippen LogP) is 8.51. The van der Waals surface area contributed by atoms with E-state index in [4.69, 9.17) is 0 Å². The van der Waals surface area contributed by atoms with Gasteiger partial charge in [0.05, 0.1) is 0 Å². The molecular formula is C38H42N4O4. The van der Waals surface area contributed by atoms with Gasteiger partial charge in [-0.25, -0.2) is 0 Å². The van der Waals surface area contributed by atoms with E-state index < -0.39 is 0 Å². The van der Waals surface area contributed by atoms with E-state index in [0.717, 1.165) is 49.7 Å². The zero-order chi connectivity index (χ0) is 32.7. The Morgan fingerprint density at radius 2 is 0.761 bits per heavy atom. The summed E-state index contributed by atoms with van der Waals surface area (Å²) in [4.78, 5) is 49.5. The van der Waals surface area contributed by atoms with Crippen molar-refractivity contribution in [1.82, 2.24) is 0 Å². The molecule has 0 bridgehead atoms. The first-order valence-electron chi connectivity index (χ1n) is 15.8. The molecular weight excluding hydrogens is 576 g/mol. The van der Waals surface area contributed by atoms with E-state index in [9.17, 15) is 19.2 Å². The van der Waals surface area contributed by atoms with Gasteiger partial charge in [0, 0.05) is 46.7 Å². The number of unbranched alkanes of at least 4 members (excludes halogenated alkanes) is 5. The largest absolute Gasteiger partial charge is 0.326 e. The topological polar surface area (TPSA) is 116 Å². The van der Waals surface area contributed by atoms with E-state index in [1.165, 1.54) is 0 Å². The molecule has 4 aromatic rings. The van der Waals surface area contributed by atoms with Gasteiger partial charge < -0.3 is 21.3 Å². The first-order chi connectivity index (χ1) is 22.2. The van der Waals surface area contributed by atoms with Crippen LogP contribution in [0.25, 0.3) is 0 Å². The number of aryl methyl sites for hydroxylation is 2. The van der Waals surface area contributed by atoms with Gasteiger partial charge in [-0.2, -0.15) is 0 Å². The molecule has 0 saturated carbocycles. The molecule has 0 heterocycles. The summed E-state index contributed by atoms with van der Waals surface area (Å²) >= 11 is 0. The van der Waals surface area contributed by atoms with Crippen LogP contribution in [0.5, 0.6) is 0 Å². The second kappa shape index (κ2) is 17.3. The lowest BCUT2D eigenvalue weighted by atomic mass is 10.1. The summed E-state index contributed by atoms with van der Waals surface area (Å²) in [5.74, 6) is -0.411. The first-order valence-corrected chi connectivity index (χ1v) is 15.8. The van der Waals surface area contributed by atoms with Crippen molar-refractivity contribution in [3.63, 3.8) is 0 Å². The van der Waals surface area contributed by atoms with Gasteiger partial charge in [-0.1, -0.05) is 61.1 Å². The summed E-state index contributed by atoms with van der Waals surface area (Å²) in [5, 5.41) is 11.6. The van der Waals surface area contributed by atoms with Crippen molar-refractivity contribution in [2.24, 2.45) is 0 Å². The fourth-order valence-corrected chi connectivity index (χ4v) is 4.98. The van der Waals surface area contributed by atoms with Crippen LogP contribution in [0, 0.1) is 13.8 Å². The van der Waals surface area contributed by atoms with Crippen LogP contribution in [0.3, 0.4) is 0 Å². The zero-order valence-corrected chi connectivity index (χ0v) is 26.5. The van der Waals surface area contributed by atoms with Crippen LogP contribution < -0.4 is 21.3 Å². The van der Waals surface area contributed by atoms with Crippen LogP contribution in [-0.2, 0) is 9.59 Å². The van der Waals surface area contributed by atoms with Crippen molar-refractivity contribution in [3.05, 3.63) is 119 Å². The van der Waals surface area contributed by atoms with Gasteiger partial charge in [-0.15, -0.1) is 0 Å². The highest BCUT2D eigenvalue weighted by molar-refractivity contribution is 6.05. The lowest BCUT2D eigenvalue weighted by Gasteiger charge is -2.09. The molecule has 0 fully saturated rings. The predicted molar refractivity (Wildman–Crippen MR) is 185 cm³/mol. The van der Waals surface area contributed by atoms with E-state index in [1.807, 2.05) is 50.2 Å². The minimum atomic E-state index is -0.173. The third-order valence-corrected chi connectivity index (χ3v) is 7.47. The highest BCUT2D eigenvalue weighted by atomic mass is 16.2. The van der Waals surface area contributed by atoms with E-state index in [0.29, 0.717) is 46.7 Å². The molecule has 0 aliphatic heterocycles. The monoisotopic (exact) mass is 618 g/mol. The third kappa shape index (κ3) is 11.4. The summed E-state index contributed by atoms with van der Waals surface area (Å²) in [6, 6.07) is 29.0. The number of carbonyl (C=O) groups is 4. The van der Waals surface area contributed by atoms with Crippen molar-refractivity contribution in [2.45, 2.75) is 65.2 Å².